The molecule has 0 saturated carbocycles. The summed E-state index contributed by atoms with van der Waals surface area (Å²) in [6, 6.07) is 0. The molecule has 2 aromatic heterocycles. The lowest BCUT2D eigenvalue weighted by Crippen LogP contribution is -2.05. The summed E-state index contributed by atoms with van der Waals surface area (Å²) in [6.45, 7) is 1.94. The van der Waals surface area contributed by atoms with E-state index in [1.54, 1.807) is 4.68 Å². The smallest absolute Gasteiger partial charge is 0.358 e. The highest BCUT2D eigenvalue weighted by Gasteiger charge is 2.11. The Kier molecular flexibility index (Phi) is 2.86. The maximum absolute atomic E-state index is 11.2. The maximum atomic E-state index is 11.2. The van der Waals surface area contributed by atoms with Crippen LogP contribution in [0, 0.1) is 6.92 Å². The summed E-state index contributed by atoms with van der Waals surface area (Å²) in [7, 11) is 3.15. The van der Waals surface area contributed by atoms with E-state index in [1.165, 1.54) is 19.5 Å². The molecule has 0 bridgehead atoms. The van der Waals surface area contributed by atoms with Crippen LogP contribution in [0.25, 0.3) is 11.4 Å². The Balaban J connectivity index is 2.35. The van der Waals surface area contributed by atoms with Gasteiger partial charge < -0.3 is 4.74 Å². The van der Waals surface area contributed by atoms with Crippen molar-refractivity contribution >= 4 is 5.97 Å². The number of rotatable bonds is 2. The Hall–Kier alpha value is -2.24. The summed E-state index contributed by atoms with van der Waals surface area (Å²) >= 11 is 0. The number of ether oxygens (including phenoxy) is 1. The molecule has 0 spiro atoms. The van der Waals surface area contributed by atoms with Gasteiger partial charge in [0.15, 0.2) is 5.69 Å². The molecule has 0 aromatic carbocycles. The van der Waals surface area contributed by atoms with Gasteiger partial charge in [0.05, 0.1) is 19.5 Å². The SMILES string of the molecule is COC(=O)c1cnc(-c2nn(C)cc2C)cn1. The van der Waals surface area contributed by atoms with Crippen LogP contribution in [0.1, 0.15) is 16.1 Å². The number of aromatic nitrogens is 4. The van der Waals surface area contributed by atoms with Gasteiger partial charge in [-0.3, -0.25) is 9.67 Å². The second kappa shape index (κ2) is 4.32. The zero-order valence-corrected chi connectivity index (χ0v) is 9.84. The fraction of sp³-hybridized carbons (Fsp3) is 0.273. The summed E-state index contributed by atoms with van der Waals surface area (Å²) in [6.07, 6.45) is 4.79. The van der Waals surface area contributed by atoms with Crippen molar-refractivity contribution in [3.05, 3.63) is 29.8 Å². The second-order valence-corrected chi connectivity index (χ2v) is 3.61. The first-order valence-electron chi connectivity index (χ1n) is 5.03. The molecule has 0 unspecified atom stereocenters. The fourth-order valence-corrected chi connectivity index (χ4v) is 1.52. The van der Waals surface area contributed by atoms with Crippen molar-refractivity contribution < 1.29 is 9.53 Å². The molecular weight excluding hydrogens is 220 g/mol. The second-order valence-electron chi connectivity index (χ2n) is 3.61. The van der Waals surface area contributed by atoms with Crippen LogP contribution in [0.3, 0.4) is 0 Å². The third kappa shape index (κ3) is 2.15. The summed E-state index contributed by atoms with van der Waals surface area (Å²) in [5.41, 5.74) is 2.59. The average molecular weight is 232 g/mol. The summed E-state index contributed by atoms with van der Waals surface area (Å²) < 4.78 is 6.26. The normalized spacial score (nSPS) is 10.3. The van der Waals surface area contributed by atoms with Gasteiger partial charge in [0.1, 0.15) is 11.4 Å². The van der Waals surface area contributed by atoms with Crippen LogP contribution in [-0.2, 0) is 11.8 Å². The summed E-state index contributed by atoms with van der Waals surface area (Å²) in [5.74, 6) is -0.498. The number of carbonyl (C=O) groups excluding carboxylic acids is 1. The van der Waals surface area contributed by atoms with Crippen LogP contribution in [0.5, 0.6) is 0 Å². The molecule has 0 fully saturated rings. The van der Waals surface area contributed by atoms with E-state index in [9.17, 15) is 4.79 Å². The Bertz CT molecular complexity index is 545. The zero-order valence-electron chi connectivity index (χ0n) is 9.84. The highest BCUT2D eigenvalue weighted by Crippen LogP contribution is 2.17. The number of hydrogen-bond acceptors (Lipinski definition) is 5. The first kappa shape index (κ1) is 11.3. The van der Waals surface area contributed by atoms with Crippen molar-refractivity contribution in [2.24, 2.45) is 7.05 Å². The largest absolute Gasteiger partial charge is 0.464 e. The van der Waals surface area contributed by atoms with Gasteiger partial charge in [-0.05, 0) is 12.5 Å². The van der Waals surface area contributed by atoms with Crippen LogP contribution in [0.15, 0.2) is 18.6 Å². The standard InChI is InChI=1S/C11H12N4O2/c1-7-6-15(2)14-10(7)8-4-13-9(5-12-8)11(16)17-3/h4-6H,1-3H3. The fourth-order valence-electron chi connectivity index (χ4n) is 1.52. The Labute approximate surface area is 98.3 Å². The number of nitrogens with zero attached hydrogens (tertiary/aromatic N) is 4. The van der Waals surface area contributed by atoms with Gasteiger partial charge in [0.25, 0.3) is 0 Å². The minimum absolute atomic E-state index is 0.185. The lowest BCUT2D eigenvalue weighted by molar-refractivity contribution is 0.0593. The average Bonchev–Trinajstić information content (AvgIpc) is 2.68. The van der Waals surface area contributed by atoms with Crippen molar-refractivity contribution in [3.63, 3.8) is 0 Å². The summed E-state index contributed by atoms with van der Waals surface area (Å²) in [5, 5.41) is 4.27. The van der Waals surface area contributed by atoms with Crippen molar-refractivity contribution in [2.75, 3.05) is 7.11 Å². The Morgan fingerprint density at radius 1 is 1.35 bits per heavy atom. The quantitative estimate of drug-likeness (QED) is 0.721. The molecule has 0 aliphatic carbocycles. The van der Waals surface area contributed by atoms with Gasteiger partial charge in [0.2, 0.25) is 0 Å². The maximum Gasteiger partial charge on any atom is 0.358 e. The van der Waals surface area contributed by atoms with E-state index in [2.05, 4.69) is 19.8 Å². The van der Waals surface area contributed by atoms with Crippen LogP contribution >= 0.6 is 0 Å². The van der Waals surface area contributed by atoms with Crippen molar-refractivity contribution in [1.29, 1.82) is 0 Å². The number of aryl methyl sites for hydroxylation is 2. The van der Waals surface area contributed by atoms with E-state index in [0.717, 1.165) is 11.3 Å². The molecule has 2 heterocycles. The molecule has 2 rings (SSSR count). The molecule has 0 saturated heterocycles. The molecular formula is C11H12N4O2. The van der Waals surface area contributed by atoms with Crippen molar-refractivity contribution in [3.8, 4) is 11.4 Å². The van der Waals surface area contributed by atoms with Gasteiger partial charge in [0, 0.05) is 13.2 Å². The number of esters is 1. The van der Waals surface area contributed by atoms with E-state index in [0.29, 0.717) is 5.69 Å². The Morgan fingerprint density at radius 3 is 2.59 bits per heavy atom. The minimum Gasteiger partial charge on any atom is -0.464 e. The number of methoxy groups -OCH3 is 1. The molecule has 0 atom stereocenters. The molecule has 0 N–H and O–H groups in total. The first-order valence-corrected chi connectivity index (χ1v) is 5.03. The molecule has 0 amide bonds. The van der Waals surface area contributed by atoms with Crippen molar-refractivity contribution in [1.82, 2.24) is 19.7 Å². The van der Waals surface area contributed by atoms with Crippen LogP contribution in [0.2, 0.25) is 0 Å². The number of carbonyl (C=O) groups is 1. The molecule has 2 aromatic rings. The molecule has 6 heteroatoms. The predicted molar refractivity (Wildman–Crippen MR) is 60.3 cm³/mol. The van der Waals surface area contributed by atoms with Crippen molar-refractivity contribution in [2.45, 2.75) is 6.92 Å². The van der Waals surface area contributed by atoms with Gasteiger partial charge in [-0.15, -0.1) is 0 Å². The molecule has 0 radical (unpaired) electrons. The lowest BCUT2D eigenvalue weighted by atomic mass is 10.2. The van der Waals surface area contributed by atoms with Gasteiger partial charge in [-0.2, -0.15) is 5.10 Å². The van der Waals surface area contributed by atoms with Crippen LogP contribution < -0.4 is 0 Å². The molecule has 0 aliphatic rings. The zero-order chi connectivity index (χ0) is 12.4. The molecule has 6 nitrogen and oxygen atoms in total. The van der Waals surface area contributed by atoms with E-state index >= 15 is 0 Å². The minimum atomic E-state index is -0.498. The van der Waals surface area contributed by atoms with Crippen LogP contribution in [-0.4, -0.2) is 32.8 Å². The van der Waals surface area contributed by atoms with E-state index < -0.39 is 5.97 Å². The van der Waals surface area contributed by atoms with E-state index in [-0.39, 0.29) is 5.69 Å². The monoisotopic (exact) mass is 232 g/mol. The lowest BCUT2D eigenvalue weighted by Gasteiger charge is -1.99. The highest BCUT2D eigenvalue weighted by atomic mass is 16.5. The topological polar surface area (TPSA) is 69.9 Å². The number of hydrogen-bond donors (Lipinski definition) is 0. The molecule has 0 aliphatic heterocycles. The first-order chi connectivity index (χ1) is 8.11. The van der Waals surface area contributed by atoms with E-state index in [4.69, 9.17) is 0 Å². The van der Waals surface area contributed by atoms with Crippen LogP contribution in [0.4, 0.5) is 0 Å². The third-order valence-electron chi connectivity index (χ3n) is 2.30. The van der Waals surface area contributed by atoms with Gasteiger partial charge in [-0.1, -0.05) is 0 Å². The van der Waals surface area contributed by atoms with E-state index in [1.807, 2.05) is 20.2 Å². The van der Waals surface area contributed by atoms with Gasteiger partial charge >= 0.3 is 5.97 Å². The predicted octanol–water partition coefficient (Wildman–Crippen LogP) is 0.972. The molecule has 17 heavy (non-hydrogen) atoms. The Morgan fingerprint density at radius 2 is 2.12 bits per heavy atom. The highest BCUT2D eigenvalue weighted by molar-refractivity contribution is 5.86. The molecule has 88 valence electrons. The van der Waals surface area contributed by atoms with Gasteiger partial charge in [-0.25, -0.2) is 9.78 Å². The summed E-state index contributed by atoms with van der Waals surface area (Å²) in [4.78, 5) is 19.3. The third-order valence-corrected chi connectivity index (χ3v) is 2.30.